The molecule has 1 aromatic carbocycles. The Hall–Kier alpha value is -4.46. The summed E-state index contributed by atoms with van der Waals surface area (Å²) in [6, 6.07) is 15.1. The Morgan fingerprint density at radius 2 is 1.12 bits per heavy atom. The number of rotatable bonds is 1. The minimum atomic E-state index is -1.87. The van der Waals surface area contributed by atoms with Crippen molar-refractivity contribution >= 4 is 45.9 Å². The van der Waals surface area contributed by atoms with E-state index in [1.54, 1.807) is 18.2 Å². The highest BCUT2D eigenvalue weighted by Gasteiger charge is 2.24. The molecule has 2 aliphatic heterocycles. The minimum absolute atomic E-state index is 0.131. The molecule has 2 aliphatic rings. The van der Waals surface area contributed by atoms with Crippen LogP contribution in [0.1, 0.15) is 28.3 Å². The van der Waals surface area contributed by atoms with Gasteiger partial charge in [-0.3, -0.25) is 0 Å². The van der Waals surface area contributed by atoms with Crippen LogP contribution in [-0.4, -0.2) is 19.9 Å². The molecule has 0 saturated carbocycles. The van der Waals surface area contributed by atoms with E-state index < -0.39 is 28.8 Å². The number of halogens is 4. The number of aromatic amines is 2. The first-order chi connectivity index (χ1) is 16.4. The van der Waals surface area contributed by atoms with E-state index in [1.165, 1.54) is 6.08 Å². The van der Waals surface area contributed by atoms with Crippen LogP contribution < -0.4 is 0 Å². The van der Waals surface area contributed by atoms with Gasteiger partial charge in [0.2, 0.25) is 0 Å². The quantitative estimate of drug-likeness (QED) is 0.165. The predicted octanol–water partition coefficient (Wildman–Crippen LogP) is 6.63. The standard InChI is InChI=1S/C26H14F4N4/c27-22-12-21(24(28)26(30)25(22)29)20-10-19-9-17-4-3-15(32-17)7-13-1-2-14(31-13)8-16-5-6-18(33-16)11-23(20)34-19/h1-12,32-33H. The van der Waals surface area contributed by atoms with Gasteiger partial charge < -0.3 is 9.97 Å². The molecule has 2 N–H and O–H groups in total. The van der Waals surface area contributed by atoms with E-state index in [4.69, 9.17) is 0 Å². The molecule has 0 atom stereocenters. The van der Waals surface area contributed by atoms with Crippen LogP contribution in [0.3, 0.4) is 0 Å². The highest BCUT2D eigenvalue weighted by Crippen LogP contribution is 2.33. The Morgan fingerprint density at radius 1 is 0.559 bits per heavy atom. The summed E-state index contributed by atoms with van der Waals surface area (Å²) in [5.74, 6) is -6.68. The minimum Gasteiger partial charge on any atom is -0.355 e. The average molecular weight is 458 g/mol. The Bertz CT molecular complexity index is 1710. The number of aromatic nitrogens is 4. The number of nitrogens with zero attached hydrogens (tertiary/aromatic N) is 2. The molecule has 0 fully saturated rings. The van der Waals surface area contributed by atoms with Crippen molar-refractivity contribution in [2.45, 2.75) is 0 Å². The Labute approximate surface area is 190 Å². The number of fused-ring (bicyclic) bond motifs is 8. The van der Waals surface area contributed by atoms with Gasteiger partial charge >= 0.3 is 0 Å². The third-order valence-electron chi connectivity index (χ3n) is 5.56. The van der Waals surface area contributed by atoms with Crippen molar-refractivity contribution in [1.82, 2.24) is 19.9 Å². The zero-order valence-electron chi connectivity index (χ0n) is 17.3. The first-order valence-corrected chi connectivity index (χ1v) is 10.3. The summed E-state index contributed by atoms with van der Waals surface area (Å²) in [5, 5.41) is 0. The first-order valence-electron chi connectivity index (χ1n) is 10.3. The first kappa shape index (κ1) is 20.2. The zero-order chi connectivity index (χ0) is 23.4. The van der Waals surface area contributed by atoms with Gasteiger partial charge in [0.25, 0.3) is 0 Å². The van der Waals surface area contributed by atoms with Crippen LogP contribution in [0.5, 0.6) is 0 Å². The summed E-state index contributed by atoms with van der Waals surface area (Å²) < 4.78 is 56.2. The second-order valence-corrected chi connectivity index (χ2v) is 7.94. The molecule has 8 heteroatoms. The fourth-order valence-electron chi connectivity index (χ4n) is 4.00. The molecule has 4 aromatic rings. The molecule has 166 valence electrons. The molecule has 0 aliphatic carbocycles. The van der Waals surface area contributed by atoms with Crippen molar-refractivity contribution in [3.05, 3.63) is 106 Å². The lowest BCUT2D eigenvalue weighted by atomic mass is 10.0. The molecular formula is C26H14F4N4. The van der Waals surface area contributed by atoms with E-state index in [1.807, 2.05) is 42.5 Å². The van der Waals surface area contributed by atoms with Crippen molar-refractivity contribution in [3.63, 3.8) is 0 Å². The molecule has 0 saturated heterocycles. The largest absolute Gasteiger partial charge is 0.355 e. The molecule has 3 aromatic heterocycles. The molecule has 6 rings (SSSR count). The van der Waals surface area contributed by atoms with Gasteiger partial charge in [-0.25, -0.2) is 27.5 Å². The van der Waals surface area contributed by atoms with Gasteiger partial charge in [-0.1, -0.05) is 0 Å². The van der Waals surface area contributed by atoms with Crippen molar-refractivity contribution < 1.29 is 17.6 Å². The zero-order valence-corrected chi connectivity index (χ0v) is 17.3. The van der Waals surface area contributed by atoms with Gasteiger partial charge in [-0.15, -0.1) is 0 Å². The molecule has 5 heterocycles. The molecule has 0 amide bonds. The van der Waals surface area contributed by atoms with Gasteiger partial charge in [0, 0.05) is 33.2 Å². The lowest BCUT2D eigenvalue weighted by Crippen LogP contribution is -2.01. The van der Waals surface area contributed by atoms with E-state index in [2.05, 4.69) is 19.9 Å². The van der Waals surface area contributed by atoms with Gasteiger partial charge in [-0.05, 0) is 72.8 Å². The normalized spacial score (nSPS) is 12.8. The van der Waals surface area contributed by atoms with Crippen molar-refractivity contribution in [3.8, 4) is 0 Å². The molecule has 4 nitrogen and oxygen atoms in total. The van der Waals surface area contributed by atoms with Crippen molar-refractivity contribution in [2.24, 2.45) is 0 Å². The van der Waals surface area contributed by atoms with Crippen molar-refractivity contribution in [2.75, 3.05) is 0 Å². The topological polar surface area (TPSA) is 57.4 Å². The fourth-order valence-corrected chi connectivity index (χ4v) is 4.00. The van der Waals surface area contributed by atoms with Crippen LogP contribution in [-0.2, 0) is 0 Å². The predicted molar refractivity (Wildman–Crippen MR) is 123 cm³/mol. The SMILES string of the molecule is Fc1cc(C2=Cc3cc4ccc(cc5nc(cc6ccc(cc2n3)[nH]6)C=C5)[nH]4)c(F)c(F)c1F. The summed E-state index contributed by atoms with van der Waals surface area (Å²) in [7, 11) is 0. The van der Waals surface area contributed by atoms with Crippen LogP contribution in [0.2, 0.25) is 0 Å². The third kappa shape index (κ3) is 3.49. The molecule has 0 radical (unpaired) electrons. The molecule has 0 spiro atoms. The van der Waals surface area contributed by atoms with Crippen LogP contribution in [0.15, 0.2) is 54.6 Å². The summed E-state index contributed by atoms with van der Waals surface area (Å²) >= 11 is 0. The highest BCUT2D eigenvalue weighted by atomic mass is 19.2. The number of benzene rings is 1. The lowest BCUT2D eigenvalue weighted by molar-refractivity contribution is 0.408. The van der Waals surface area contributed by atoms with Crippen LogP contribution in [0.25, 0.3) is 45.9 Å². The highest BCUT2D eigenvalue weighted by molar-refractivity contribution is 5.93. The van der Waals surface area contributed by atoms with Crippen molar-refractivity contribution in [1.29, 1.82) is 0 Å². The lowest BCUT2D eigenvalue weighted by Gasteiger charge is -2.06. The Morgan fingerprint density at radius 3 is 1.74 bits per heavy atom. The van der Waals surface area contributed by atoms with E-state index in [9.17, 15) is 17.6 Å². The summed E-state index contributed by atoms with van der Waals surface area (Å²) in [4.78, 5) is 15.5. The summed E-state index contributed by atoms with van der Waals surface area (Å²) in [5.41, 5.74) is 4.90. The second kappa shape index (κ2) is 7.55. The molecule has 0 unspecified atom stereocenters. The second-order valence-electron chi connectivity index (χ2n) is 7.94. The maximum Gasteiger partial charge on any atom is 0.198 e. The molecule has 34 heavy (non-hydrogen) atoms. The number of H-pyrrole nitrogens is 2. The molecular weight excluding hydrogens is 444 g/mol. The van der Waals surface area contributed by atoms with Crippen LogP contribution in [0, 0.1) is 23.3 Å². The number of hydrogen-bond donors (Lipinski definition) is 2. The monoisotopic (exact) mass is 458 g/mol. The van der Waals surface area contributed by atoms with E-state index in [0.29, 0.717) is 22.8 Å². The van der Waals surface area contributed by atoms with Crippen LogP contribution >= 0.6 is 0 Å². The van der Waals surface area contributed by atoms with E-state index >= 15 is 0 Å². The maximum atomic E-state index is 14.7. The van der Waals surface area contributed by atoms with Gasteiger partial charge in [-0.2, -0.15) is 0 Å². The third-order valence-corrected chi connectivity index (χ3v) is 5.56. The van der Waals surface area contributed by atoms with E-state index in [0.717, 1.165) is 22.4 Å². The maximum absolute atomic E-state index is 14.7. The average Bonchev–Trinajstić information content (AvgIpc) is 3.60. The summed E-state index contributed by atoms with van der Waals surface area (Å²) in [6.45, 7) is 0. The van der Waals surface area contributed by atoms with Gasteiger partial charge in [0.15, 0.2) is 23.3 Å². The number of hydrogen-bond acceptors (Lipinski definition) is 2. The van der Waals surface area contributed by atoms with Gasteiger partial charge in [0.1, 0.15) is 0 Å². The summed E-state index contributed by atoms with van der Waals surface area (Å²) in [6.07, 6.45) is 5.31. The van der Waals surface area contributed by atoms with E-state index in [-0.39, 0.29) is 11.3 Å². The van der Waals surface area contributed by atoms with Gasteiger partial charge in [0.05, 0.1) is 22.8 Å². The van der Waals surface area contributed by atoms with Crippen LogP contribution in [0.4, 0.5) is 17.6 Å². The fraction of sp³-hybridized carbons (Fsp3) is 0. The number of nitrogens with one attached hydrogen (secondary N) is 2. The molecule has 8 bridgehead atoms. The Balaban J connectivity index is 1.65. The Kier molecular flexibility index (Phi) is 4.48. The smallest absolute Gasteiger partial charge is 0.198 e.